The second-order valence-corrected chi connectivity index (χ2v) is 8.36. The third kappa shape index (κ3) is 3.51. The number of benzene rings is 1. The summed E-state index contributed by atoms with van der Waals surface area (Å²) >= 11 is 0.394. The van der Waals surface area contributed by atoms with Crippen LogP contribution in [0.2, 0.25) is 0 Å². The van der Waals surface area contributed by atoms with Crippen LogP contribution in [0.4, 0.5) is 0 Å². The van der Waals surface area contributed by atoms with Crippen LogP contribution >= 0.6 is 0 Å². The van der Waals surface area contributed by atoms with Crippen molar-refractivity contribution in [1.82, 2.24) is 0 Å². The van der Waals surface area contributed by atoms with E-state index in [9.17, 15) is 20.4 Å². The second-order valence-electron chi connectivity index (χ2n) is 6.19. The Kier molecular flexibility index (Phi) is 5.57. The van der Waals surface area contributed by atoms with Crippen LogP contribution in [0.25, 0.3) is 0 Å². The summed E-state index contributed by atoms with van der Waals surface area (Å²) in [5, 5.41) is 39.5. The van der Waals surface area contributed by atoms with Crippen molar-refractivity contribution >= 4 is 14.5 Å². The van der Waals surface area contributed by atoms with E-state index in [1.54, 1.807) is 0 Å². The van der Waals surface area contributed by atoms with Crippen LogP contribution in [0.1, 0.15) is 27.2 Å². The molecule has 24 heavy (non-hydrogen) atoms. The maximum atomic E-state index is 10.3. The SMILES string of the molecule is Cc1ccc([C@@H]2O[C@H](CO)[C@@H](O)[C@H](O)[C@H]2O)cc1Cc1ccc[se]1. The summed E-state index contributed by atoms with van der Waals surface area (Å²) in [7, 11) is 0. The molecule has 0 radical (unpaired) electrons. The minimum absolute atomic E-state index is 0.394. The third-order valence-corrected chi connectivity index (χ3v) is 6.38. The molecule has 2 heterocycles. The molecule has 3 rings (SSSR count). The molecule has 1 aromatic carbocycles. The molecule has 4 N–H and O–H groups in total. The number of ether oxygens (including phenoxy) is 1. The van der Waals surface area contributed by atoms with Gasteiger partial charge in [0.15, 0.2) is 0 Å². The number of aryl methyl sites for hydroxylation is 1. The molecule has 2 aromatic rings. The van der Waals surface area contributed by atoms with E-state index in [2.05, 4.69) is 17.1 Å². The molecule has 5 atom stereocenters. The van der Waals surface area contributed by atoms with Crippen molar-refractivity contribution in [1.29, 1.82) is 0 Å². The summed E-state index contributed by atoms with van der Waals surface area (Å²) in [6, 6.07) is 10.0. The topological polar surface area (TPSA) is 90.2 Å². The Morgan fingerprint density at radius 3 is 2.54 bits per heavy atom. The van der Waals surface area contributed by atoms with Crippen molar-refractivity contribution in [2.75, 3.05) is 6.61 Å². The average molecular weight is 397 g/mol. The minimum atomic E-state index is -1.35. The van der Waals surface area contributed by atoms with Crippen molar-refractivity contribution in [2.24, 2.45) is 0 Å². The van der Waals surface area contributed by atoms with E-state index in [0.29, 0.717) is 14.5 Å². The number of hydrogen-bond donors (Lipinski definition) is 4. The molecule has 1 saturated heterocycles. The molecule has 0 amide bonds. The Labute approximate surface area is 146 Å². The Morgan fingerprint density at radius 1 is 1.08 bits per heavy atom. The van der Waals surface area contributed by atoms with E-state index >= 15 is 0 Å². The number of aliphatic hydroxyl groups excluding tert-OH is 4. The fourth-order valence-corrected chi connectivity index (χ4v) is 4.56. The monoisotopic (exact) mass is 398 g/mol. The Balaban J connectivity index is 1.88. The van der Waals surface area contributed by atoms with Gasteiger partial charge in [-0.25, -0.2) is 0 Å². The van der Waals surface area contributed by atoms with Crippen LogP contribution in [-0.2, 0) is 11.2 Å². The van der Waals surface area contributed by atoms with E-state index < -0.39 is 37.1 Å². The zero-order valence-corrected chi connectivity index (χ0v) is 15.1. The number of hydrogen-bond acceptors (Lipinski definition) is 5. The Hall–Kier alpha value is -0.981. The molecular formula is C18H22O5Se. The molecule has 0 aliphatic carbocycles. The van der Waals surface area contributed by atoms with Crippen LogP contribution in [0.5, 0.6) is 0 Å². The van der Waals surface area contributed by atoms with Gasteiger partial charge in [0, 0.05) is 0 Å². The zero-order chi connectivity index (χ0) is 17.3. The van der Waals surface area contributed by atoms with Crippen molar-refractivity contribution < 1.29 is 25.2 Å². The van der Waals surface area contributed by atoms with Gasteiger partial charge in [-0.1, -0.05) is 0 Å². The van der Waals surface area contributed by atoms with Gasteiger partial charge in [-0.15, -0.1) is 0 Å². The molecule has 0 unspecified atom stereocenters. The normalized spacial score (nSPS) is 30.5. The molecule has 1 fully saturated rings. The van der Waals surface area contributed by atoms with E-state index in [1.165, 1.54) is 4.44 Å². The first-order valence-corrected chi connectivity index (χ1v) is 9.78. The zero-order valence-electron chi connectivity index (χ0n) is 13.4. The summed E-state index contributed by atoms with van der Waals surface area (Å²) in [5.41, 5.74) is 3.06. The maximum absolute atomic E-state index is 10.3. The van der Waals surface area contributed by atoms with Crippen molar-refractivity contribution in [2.45, 2.75) is 43.9 Å². The van der Waals surface area contributed by atoms with Gasteiger partial charge in [0.1, 0.15) is 0 Å². The van der Waals surface area contributed by atoms with Gasteiger partial charge >= 0.3 is 147 Å². The molecule has 5 nitrogen and oxygen atoms in total. The molecule has 1 aromatic heterocycles. The number of rotatable bonds is 4. The fourth-order valence-electron chi connectivity index (χ4n) is 3.04. The molecule has 1 aliphatic heterocycles. The van der Waals surface area contributed by atoms with Gasteiger partial charge in [-0.05, 0) is 0 Å². The van der Waals surface area contributed by atoms with E-state index in [-0.39, 0.29) is 0 Å². The van der Waals surface area contributed by atoms with Gasteiger partial charge in [-0.2, -0.15) is 0 Å². The van der Waals surface area contributed by atoms with Crippen LogP contribution in [-0.4, -0.2) is 66.0 Å². The first-order valence-electron chi connectivity index (χ1n) is 7.93. The molecule has 0 bridgehead atoms. The summed E-state index contributed by atoms with van der Waals surface area (Å²) in [4.78, 5) is 2.18. The van der Waals surface area contributed by atoms with Gasteiger partial charge in [0.25, 0.3) is 0 Å². The first-order chi connectivity index (χ1) is 11.5. The van der Waals surface area contributed by atoms with E-state index in [1.807, 2.05) is 25.1 Å². The van der Waals surface area contributed by atoms with Gasteiger partial charge < -0.3 is 0 Å². The standard InChI is InChI=1S/C18H22O5Se/c1-10-4-5-11(7-12(10)8-13-3-2-6-24-13)18-17(22)16(21)15(20)14(9-19)23-18/h2-7,14-22H,8-9H2,1H3/t14-,15-,16+,17-,18+/m1/s1. The molecule has 0 saturated carbocycles. The van der Waals surface area contributed by atoms with Gasteiger partial charge in [0.05, 0.1) is 0 Å². The molecule has 0 spiro atoms. The average Bonchev–Trinajstić information content (AvgIpc) is 3.08. The van der Waals surface area contributed by atoms with Crippen LogP contribution in [0, 0.1) is 6.92 Å². The van der Waals surface area contributed by atoms with Crippen molar-refractivity contribution in [3.05, 3.63) is 56.4 Å². The number of aliphatic hydroxyl groups is 4. The summed E-state index contributed by atoms with van der Waals surface area (Å²) in [6.45, 7) is 1.63. The summed E-state index contributed by atoms with van der Waals surface area (Å²) < 4.78 is 7.03. The van der Waals surface area contributed by atoms with Crippen molar-refractivity contribution in [3.8, 4) is 0 Å². The molecule has 6 heteroatoms. The Morgan fingerprint density at radius 2 is 1.88 bits per heavy atom. The molecule has 1 aliphatic rings. The van der Waals surface area contributed by atoms with Crippen LogP contribution < -0.4 is 0 Å². The second kappa shape index (κ2) is 7.50. The summed E-state index contributed by atoms with van der Waals surface area (Å²) in [6.07, 6.45) is -4.73. The van der Waals surface area contributed by atoms with Gasteiger partial charge in [-0.3, -0.25) is 0 Å². The summed E-state index contributed by atoms with van der Waals surface area (Å²) in [5.74, 6) is 0. The fraction of sp³-hybridized carbons (Fsp3) is 0.444. The third-order valence-electron chi connectivity index (χ3n) is 4.54. The van der Waals surface area contributed by atoms with E-state index in [0.717, 1.165) is 23.1 Å². The van der Waals surface area contributed by atoms with Crippen LogP contribution in [0.3, 0.4) is 0 Å². The van der Waals surface area contributed by atoms with Gasteiger partial charge in [0.2, 0.25) is 0 Å². The predicted molar refractivity (Wildman–Crippen MR) is 90.1 cm³/mol. The Bertz CT molecular complexity index is 670. The van der Waals surface area contributed by atoms with E-state index in [4.69, 9.17) is 4.74 Å². The quantitative estimate of drug-likeness (QED) is 0.552. The van der Waals surface area contributed by atoms with Crippen LogP contribution in [0.15, 0.2) is 35.3 Å². The van der Waals surface area contributed by atoms with Crippen molar-refractivity contribution in [3.63, 3.8) is 0 Å². The first kappa shape index (κ1) is 17.8. The molecular weight excluding hydrogens is 375 g/mol. The molecule has 130 valence electrons. The predicted octanol–water partition coefficient (Wildman–Crippen LogP) is 0.158.